The summed E-state index contributed by atoms with van der Waals surface area (Å²) in [5.41, 5.74) is 5.33. The average molecular weight is 180 g/mol. The van der Waals surface area contributed by atoms with Gasteiger partial charge in [-0.1, -0.05) is 6.92 Å². The van der Waals surface area contributed by atoms with Crippen LogP contribution in [-0.4, -0.2) is 22.6 Å². The molecule has 13 heavy (non-hydrogen) atoms. The minimum Gasteiger partial charge on any atom is -0.330 e. The number of rotatable bonds is 3. The fraction of sp³-hybridized carbons (Fsp3) is 0.375. The summed E-state index contributed by atoms with van der Waals surface area (Å²) in [5.74, 6) is 0.109. The monoisotopic (exact) mass is 180 g/mol. The predicted molar refractivity (Wildman–Crippen MR) is 48.9 cm³/mol. The van der Waals surface area contributed by atoms with E-state index >= 15 is 0 Å². The van der Waals surface area contributed by atoms with Crippen molar-refractivity contribution in [3.05, 3.63) is 18.3 Å². The van der Waals surface area contributed by atoms with Crippen LogP contribution in [0.1, 0.15) is 6.92 Å². The molecule has 0 saturated carbocycles. The minimum atomic E-state index is -0.206. The van der Waals surface area contributed by atoms with E-state index in [1.54, 1.807) is 25.3 Å². The first-order valence-corrected chi connectivity index (χ1v) is 4.02. The zero-order chi connectivity index (χ0) is 9.68. The Kier molecular flexibility index (Phi) is 3.33. The maximum absolute atomic E-state index is 11.3. The molecule has 0 aliphatic carbocycles. The lowest BCUT2D eigenvalue weighted by Crippen LogP contribution is -2.27. The van der Waals surface area contributed by atoms with Crippen molar-refractivity contribution >= 4 is 11.7 Å². The molecule has 0 saturated heterocycles. The van der Waals surface area contributed by atoms with Crippen LogP contribution in [0.5, 0.6) is 0 Å². The van der Waals surface area contributed by atoms with E-state index < -0.39 is 0 Å². The topological polar surface area (TPSA) is 80.9 Å². The number of hydrogen-bond acceptors (Lipinski definition) is 4. The Morgan fingerprint density at radius 2 is 2.54 bits per heavy atom. The second-order valence-electron chi connectivity index (χ2n) is 2.73. The van der Waals surface area contributed by atoms with E-state index in [-0.39, 0.29) is 11.8 Å². The van der Waals surface area contributed by atoms with Crippen LogP contribution < -0.4 is 11.1 Å². The van der Waals surface area contributed by atoms with Gasteiger partial charge < -0.3 is 11.1 Å². The van der Waals surface area contributed by atoms with E-state index in [0.29, 0.717) is 12.4 Å². The van der Waals surface area contributed by atoms with Crippen molar-refractivity contribution in [1.29, 1.82) is 0 Å². The third kappa shape index (κ3) is 2.79. The molecule has 3 N–H and O–H groups in total. The Bertz CT molecular complexity index is 275. The van der Waals surface area contributed by atoms with Crippen molar-refractivity contribution < 1.29 is 4.79 Å². The number of amides is 1. The molecule has 1 aromatic heterocycles. The van der Waals surface area contributed by atoms with E-state index in [2.05, 4.69) is 15.5 Å². The summed E-state index contributed by atoms with van der Waals surface area (Å²) in [7, 11) is 0. The number of aromatic nitrogens is 2. The molecule has 0 aromatic carbocycles. The molecule has 1 heterocycles. The molecule has 0 bridgehead atoms. The molecule has 0 fully saturated rings. The van der Waals surface area contributed by atoms with E-state index in [9.17, 15) is 4.79 Å². The first-order valence-electron chi connectivity index (χ1n) is 4.02. The zero-order valence-corrected chi connectivity index (χ0v) is 7.40. The Hall–Kier alpha value is -1.49. The smallest absolute Gasteiger partial charge is 0.229 e. The van der Waals surface area contributed by atoms with Gasteiger partial charge in [0.15, 0.2) is 5.82 Å². The van der Waals surface area contributed by atoms with Crippen molar-refractivity contribution in [2.75, 3.05) is 11.9 Å². The molecule has 1 aromatic rings. The highest BCUT2D eigenvalue weighted by molar-refractivity contribution is 5.91. The van der Waals surface area contributed by atoms with E-state index in [1.807, 2.05) is 0 Å². The van der Waals surface area contributed by atoms with Gasteiger partial charge in [-0.2, -0.15) is 5.10 Å². The van der Waals surface area contributed by atoms with E-state index in [0.717, 1.165) is 0 Å². The normalized spacial score (nSPS) is 12.2. The summed E-state index contributed by atoms with van der Waals surface area (Å²) in [6.07, 6.45) is 1.54. The van der Waals surface area contributed by atoms with E-state index in [1.165, 1.54) is 0 Å². The van der Waals surface area contributed by atoms with Crippen LogP contribution >= 0.6 is 0 Å². The van der Waals surface area contributed by atoms with Crippen molar-refractivity contribution in [1.82, 2.24) is 10.2 Å². The van der Waals surface area contributed by atoms with Gasteiger partial charge in [0.2, 0.25) is 5.91 Å². The maximum atomic E-state index is 11.3. The molecule has 1 rings (SSSR count). The molecule has 0 spiro atoms. The lowest BCUT2D eigenvalue weighted by Gasteiger charge is -2.07. The largest absolute Gasteiger partial charge is 0.330 e. The molecule has 5 nitrogen and oxygen atoms in total. The Morgan fingerprint density at radius 3 is 3.08 bits per heavy atom. The van der Waals surface area contributed by atoms with Crippen LogP contribution in [0.15, 0.2) is 18.3 Å². The van der Waals surface area contributed by atoms with Gasteiger partial charge in [0.25, 0.3) is 0 Å². The predicted octanol–water partition coefficient (Wildman–Crippen LogP) is 0.00990. The van der Waals surface area contributed by atoms with Crippen LogP contribution in [0.3, 0.4) is 0 Å². The van der Waals surface area contributed by atoms with Crippen molar-refractivity contribution in [3.63, 3.8) is 0 Å². The number of hydrogen-bond donors (Lipinski definition) is 2. The lowest BCUT2D eigenvalue weighted by molar-refractivity contribution is -0.119. The van der Waals surface area contributed by atoms with Gasteiger partial charge in [0, 0.05) is 18.7 Å². The standard InChI is InChI=1S/C8H12N4O/c1-6(5-9)8(13)11-7-3-2-4-10-12-7/h2-4,6H,5,9H2,1H3,(H,11,12,13). The first kappa shape index (κ1) is 9.60. The first-order chi connectivity index (χ1) is 6.24. The lowest BCUT2D eigenvalue weighted by atomic mass is 10.2. The number of anilines is 1. The molecule has 70 valence electrons. The van der Waals surface area contributed by atoms with Gasteiger partial charge in [0.1, 0.15) is 0 Å². The molecular weight excluding hydrogens is 168 g/mol. The van der Waals surface area contributed by atoms with Crippen LogP contribution in [0.25, 0.3) is 0 Å². The highest BCUT2D eigenvalue weighted by Crippen LogP contribution is 2.01. The summed E-state index contributed by atoms with van der Waals surface area (Å²) in [6, 6.07) is 3.38. The van der Waals surface area contributed by atoms with Gasteiger partial charge in [-0.3, -0.25) is 4.79 Å². The van der Waals surface area contributed by atoms with Crippen molar-refractivity contribution in [2.24, 2.45) is 11.7 Å². The van der Waals surface area contributed by atoms with Crippen molar-refractivity contribution in [3.8, 4) is 0 Å². The van der Waals surface area contributed by atoms with Gasteiger partial charge >= 0.3 is 0 Å². The summed E-state index contributed by atoms with van der Waals surface area (Å²) in [5, 5.41) is 9.94. The highest BCUT2D eigenvalue weighted by Gasteiger charge is 2.10. The second kappa shape index (κ2) is 4.51. The molecular formula is C8H12N4O. The number of carbonyl (C=O) groups excluding carboxylic acids is 1. The van der Waals surface area contributed by atoms with Crippen LogP contribution in [0, 0.1) is 5.92 Å². The average Bonchev–Trinajstić information content (AvgIpc) is 2.18. The minimum absolute atomic E-state index is 0.136. The summed E-state index contributed by atoms with van der Waals surface area (Å²) in [4.78, 5) is 11.3. The van der Waals surface area contributed by atoms with Crippen LogP contribution in [-0.2, 0) is 4.79 Å². The van der Waals surface area contributed by atoms with Gasteiger partial charge in [-0.05, 0) is 12.1 Å². The number of carbonyl (C=O) groups is 1. The fourth-order valence-electron chi connectivity index (χ4n) is 0.725. The Balaban J connectivity index is 2.55. The summed E-state index contributed by atoms with van der Waals surface area (Å²) >= 11 is 0. The summed E-state index contributed by atoms with van der Waals surface area (Å²) < 4.78 is 0. The third-order valence-electron chi connectivity index (χ3n) is 1.62. The SMILES string of the molecule is CC(CN)C(=O)Nc1cccnn1. The fourth-order valence-corrected chi connectivity index (χ4v) is 0.725. The molecule has 0 aliphatic heterocycles. The van der Waals surface area contributed by atoms with Crippen LogP contribution in [0.2, 0.25) is 0 Å². The number of nitrogens with two attached hydrogens (primary N) is 1. The molecule has 0 aliphatic rings. The molecule has 1 amide bonds. The third-order valence-corrected chi connectivity index (χ3v) is 1.62. The molecule has 1 unspecified atom stereocenters. The number of nitrogens with zero attached hydrogens (tertiary/aromatic N) is 2. The van der Waals surface area contributed by atoms with Gasteiger partial charge in [-0.15, -0.1) is 5.10 Å². The summed E-state index contributed by atoms with van der Waals surface area (Å²) in [6.45, 7) is 2.08. The van der Waals surface area contributed by atoms with Gasteiger partial charge in [0.05, 0.1) is 0 Å². The molecule has 5 heteroatoms. The van der Waals surface area contributed by atoms with Gasteiger partial charge in [-0.25, -0.2) is 0 Å². The highest BCUT2D eigenvalue weighted by atomic mass is 16.1. The quantitative estimate of drug-likeness (QED) is 0.686. The zero-order valence-electron chi connectivity index (χ0n) is 7.40. The molecule has 1 atom stereocenters. The second-order valence-corrected chi connectivity index (χ2v) is 2.73. The van der Waals surface area contributed by atoms with Crippen molar-refractivity contribution in [2.45, 2.75) is 6.92 Å². The molecule has 0 radical (unpaired) electrons. The number of nitrogens with one attached hydrogen (secondary N) is 1. The Labute approximate surface area is 76.4 Å². The maximum Gasteiger partial charge on any atom is 0.229 e. The Morgan fingerprint density at radius 1 is 1.77 bits per heavy atom. The van der Waals surface area contributed by atoms with Crippen LogP contribution in [0.4, 0.5) is 5.82 Å². The van der Waals surface area contributed by atoms with E-state index in [4.69, 9.17) is 5.73 Å².